The highest BCUT2D eigenvalue weighted by atomic mass is 127. The minimum Gasteiger partial charge on any atom is -0.381 e. The Kier molecular flexibility index (Phi) is 8.82. The molecule has 0 aromatic heterocycles. The third kappa shape index (κ3) is 5.81. The van der Waals surface area contributed by atoms with Crippen molar-refractivity contribution >= 4 is 41.5 Å². The van der Waals surface area contributed by atoms with Gasteiger partial charge >= 0.3 is 0 Å². The van der Waals surface area contributed by atoms with E-state index in [-0.39, 0.29) is 36.4 Å². The van der Waals surface area contributed by atoms with Crippen LogP contribution in [0.25, 0.3) is 0 Å². The number of fused-ring (bicyclic) bond motifs is 1. The zero-order valence-corrected chi connectivity index (χ0v) is 18.6. The van der Waals surface area contributed by atoms with E-state index in [9.17, 15) is 4.79 Å². The minimum atomic E-state index is 0. The number of rotatable bonds is 5. The Balaban J connectivity index is 0.00000261. The number of ether oxygens (including phenoxy) is 1. The second kappa shape index (κ2) is 10.8. The van der Waals surface area contributed by atoms with E-state index < -0.39 is 0 Å². The van der Waals surface area contributed by atoms with Crippen LogP contribution in [0.1, 0.15) is 24.8 Å². The average molecular weight is 486 g/mol. The van der Waals surface area contributed by atoms with Crippen LogP contribution >= 0.6 is 24.0 Å². The summed E-state index contributed by atoms with van der Waals surface area (Å²) in [5, 5.41) is 3.22. The van der Waals surface area contributed by atoms with E-state index in [1.165, 1.54) is 5.56 Å². The molecule has 0 spiro atoms. The number of nitrogens with one attached hydrogen (secondary N) is 1. The van der Waals surface area contributed by atoms with E-state index in [4.69, 9.17) is 4.74 Å². The summed E-state index contributed by atoms with van der Waals surface area (Å²) in [5.41, 5.74) is 2.29. The molecule has 27 heavy (non-hydrogen) atoms. The van der Waals surface area contributed by atoms with Crippen LogP contribution in [0, 0.1) is 5.92 Å². The highest BCUT2D eigenvalue weighted by Gasteiger charge is 2.24. The zero-order chi connectivity index (χ0) is 18.4. The molecule has 1 amide bonds. The number of hydrogen-bond donors (Lipinski definition) is 1. The van der Waals surface area contributed by atoms with Gasteiger partial charge in [0.1, 0.15) is 0 Å². The predicted molar refractivity (Wildman–Crippen MR) is 120 cm³/mol. The van der Waals surface area contributed by atoms with Crippen molar-refractivity contribution in [2.75, 3.05) is 51.8 Å². The maximum Gasteiger partial charge on any atom is 0.246 e. The van der Waals surface area contributed by atoms with Gasteiger partial charge in [-0.1, -0.05) is 18.2 Å². The summed E-state index contributed by atoms with van der Waals surface area (Å²) in [6.07, 6.45) is 4.36. The number of anilines is 1. The smallest absolute Gasteiger partial charge is 0.246 e. The van der Waals surface area contributed by atoms with Gasteiger partial charge in [-0.15, -0.1) is 24.0 Å². The molecule has 1 N–H and O–H groups in total. The lowest BCUT2D eigenvalue weighted by Gasteiger charge is -2.27. The van der Waals surface area contributed by atoms with Crippen molar-refractivity contribution in [3.05, 3.63) is 29.8 Å². The molecule has 1 saturated heterocycles. The molecule has 0 unspecified atom stereocenters. The zero-order valence-electron chi connectivity index (χ0n) is 16.3. The maximum absolute atomic E-state index is 12.6. The molecule has 0 aliphatic carbocycles. The Labute approximate surface area is 179 Å². The van der Waals surface area contributed by atoms with Gasteiger partial charge in [0.05, 0.1) is 6.54 Å². The number of hydrogen-bond acceptors (Lipinski definition) is 3. The molecule has 0 bridgehead atoms. The lowest BCUT2D eigenvalue weighted by Crippen LogP contribution is -2.45. The SMILES string of the molecule is CN=C(NCC(=O)N1CCc2ccccc21)N(C)CCC1CCOCC1.I. The topological polar surface area (TPSA) is 57.2 Å². The summed E-state index contributed by atoms with van der Waals surface area (Å²) < 4.78 is 5.42. The van der Waals surface area contributed by atoms with Gasteiger partial charge in [-0.3, -0.25) is 9.79 Å². The fourth-order valence-corrected chi connectivity index (χ4v) is 3.75. The molecular formula is C20H31IN4O2. The second-order valence-corrected chi connectivity index (χ2v) is 7.09. The van der Waals surface area contributed by atoms with Gasteiger partial charge in [0.2, 0.25) is 5.91 Å². The molecule has 0 saturated carbocycles. The van der Waals surface area contributed by atoms with Crippen molar-refractivity contribution < 1.29 is 9.53 Å². The van der Waals surface area contributed by atoms with Gasteiger partial charge < -0.3 is 19.9 Å². The molecule has 2 heterocycles. The molecule has 2 aliphatic rings. The molecule has 0 radical (unpaired) electrons. The van der Waals surface area contributed by atoms with Crippen molar-refractivity contribution in [2.24, 2.45) is 10.9 Å². The quantitative estimate of drug-likeness (QED) is 0.395. The van der Waals surface area contributed by atoms with Gasteiger partial charge in [0.15, 0.2) is 5.96 Å². The Morgan fingerprint density at radius 2 is 2.07 bits per heavy atom. The number of aliphatic imine (C=N–C) groups is 1. The lowest BCUT2D eigenvalue weighted by molar-refractivity contribution is -0.117. The van der Waals surface area contributed by atoms with Crippen LogP contribution in [0.15, 0.2) is 29.3 Å². The van der Waals surface area contributed by atoms with Crippen LogP contribution in [0.4, 0.5) is 5.69 Å². The largest absolute Gasteiger partial charge is 0.381 e. The van der Waals surface area contributed by atoms with Crippen LogP contribution in [0.2, 0.25) is 0 Å². The number of nitrogens with zero attached hydrogens (tertiary/aromatic N) is 3. The maximum atomic E-state index is 12.6. The van der Waals surface area contributed by atoms with Crippen molar-refractivity contribution in [1.82, 2.24) is 10.2 Å². The standard InChI is InChI=1S/C20H30N4O2.HI/c1-21-20(23(2)11-7-16-9-13-26-14-10-16)22-15-19(25)24-12-8-17-5-3-4-6-18(17)24;/h3-6,16H,7-15H2,1-2H3,(H,21,22);1H. The van der Waals surface area contributed by atoms with E-state index in [2.05, 4.69) is 21.3 Å². The van der Waals surface area contributed by atoms with Crippen molar-refractivity contribution in [3.63, 3.8) is 0 Å². The average Bonchev–Trinajstić information content (AvgIpc) is 3.11. The van der Waals surface area contributed by atoms with Gasteiger partial charge in [0, 0.05) is 46.1 Å². The first-order chi connectivity index (χ1) is 12.7. The molecule has 7 heteroatoms. The van der Waals surface area contributed by atoms with Crippen LogP contribution in [0.3, 0.4) is 0 Å². The van der Waals surface area contributed by atoms with E-state index in [1.54, 1.807) is 7.05 Å². The van der Waals surface area contributed by atoms with E-state index in [1.807, 2.05) is 30.1 Å². The highest BCUT2D eigenvalue weighted by molar-refractivity contribution is 14.0. The molecule has 6 nitrogen and oxygen atoms in total. The van der Waals surface area contributed by atoms with Crippen LogP contribution in [-0.4, -0.2) is 63.7 Å². The minimum absolute atomic E-state index is 0. The predicted octanol–water partition coefficient (Wildman–Crippen LogP) is 2.52. The Morgan fingerprint density at radius 3 is 2.81 bits per heavy atom. The Hall–Kier alpha value is -1.35. The van der Waals surface area contributed by atoms with Crippen LogP contribution in [-0.2, 0) is 16.0 Å². The monoisotopic (exact) mass is 486 g/mol. The number of carbonyl (C=O) groups excluding carboxylic acids is 1. The summed E-state index contributed by atoms with van der Waals surface area (Å²) in [4.78, 5) is 20.9. The van der Waals surface area contributed by atoms with Crippen LogP contribution < -0.4 is 10.2 Å². The first kappa shape index (κ1) is 21.9. The van der Waals surface area contributed by atoms with E-state index in [0.717, 1.165) is 69.6 Å². The third-order valence-electron chi connectivity index (χ3n) is 5.37. The number of benzene rings is 1. The number of guanidine groups is 1. The molecule has 1 aromatic rings. The highest BCUT2D eigenvalue weighted by Crippen LogP contribution is 2.27. The Bertz CT molecular complexity index is 647. The second-order valence-electron chi connectivity index (χ2n) is 7.09. The molecular weight excluding hydrogens is 455 g/mol. The van der Waals surface area contributed by atoms with Gasteiger partial charge in [-0.25, -0.2) is 0 Å². The molecule has 2 aliphatic heterocycles. The summed E-state index contributed by atoms with van der Waals surface area (Å²) in [7, 11) is 3.80. The molecule has 150 valence electrons. The summed E-state index contributed by atoms with van der Waals surface area (Å²) >= 11 is 0. The van der Waals surface area contributed by atoms with E-state index >= 15 is 0 Å². The summed E-state index contributed by atoms with van der Waals surface area (Å²) in [6, 6.07) is 8.13. The van der Waals surface area contributed by atoms with Crippen LogP contribution in [0.5, 0.6) is 0 Å². The van der Waals surface area contributed by atoms with Gasteiger partial charge in [-0.2, -0.15) is 0 Å². The van der Waals surface area contributed by atoms with Crippen molar-refractivity contribution in [1.29, 1.82) is 0 Å². The number of halogens is 1. The third-order valence-corrected chi connectivity index (χ3v) is 5.37. The number of amides is 1. The fourth-order valence-electron chi connectivity index (χ4n) is 3.75. The van der Waals surface area contributed by atoms with E-state index in [0.29, 0.717) is 0 Å². The fraction of sp³-hybridized carbons (Fsp3) is 0.600. The van der Waals surface area contributed by atoms with Gasteiger partial charge in [0.25, 0.3) is 0 Å². The summed E-state index contributed by atoms with van der Waals surface area (Å²) in [6.45, 7) is 3.73. The van der Waals surface area contributed by atoms with Gasteiger partial charge in [-0.05, 0) is 43.2 Å². The Morgan fingerprint density at radius 1 is 1.33 bits per heavy atom. The van der Waals surface area contributed by atoms with Crippen molar-refractivity contribution in [2.45, 2.75) is 25.7 Å². The molecule has 0 atom stereocenters. The molecule has 1 aromatic carbocycles. The normalized spacial score (nSPS) is 17.3. The lowest BCUT2D eigenvalue weighted by atomic mass is 9.96. The number of para-hydroxylation sites is 1. The first-order valence-electron chi connectivity index (χ1n) is 9.57. The molecule has 1 fully saturated rings. The molecule has 3 rings (SSSR count). The number of carbonyl (C=O) groups is 1. The first-order valence-corrected chi connectivity index (χ1v) is 9.57. The van der Waals surface area contributed by atoms with Crippen molar-refractivity contribution in [3.8, 4) is 0 Å². The summed E-state index contributed by atoms with van der Waals surface area (Å²) in [5.74, 6) is 1.60.